The topological polar surface area (TPSA) is 87.6 Å². The van der Waals surface area contributed by atoms with Gasteiger partial charge in [-0.2, -0.15) is 0 Å². The highest BCUT2D eigenvalue weighted by Crippen LogP contribution is 2.26. The number of hydrogen-bond donors (Lipinski definition) is 2. The molecule has 17 heavy (non-hydrogen) atoms. The van der Waals surface area contributed by atoms with E-state index in [1.165, 1.54) is 0 Å². The molecule has 0 bridgehead atoms. The van der Waals surface area contributed by atoms with Crippen molar-refractivity contribution in [2.45, 2.75) is 6.10 Å². The Hall–Kier alpha value is -1.88. The number of amides is 1. The van der Waals surface area contributed by atoms with Gasteiger partial charge in [-0.05, 0) is 12.6 Å². The average Bonchev–Trinajstić information content (AvgIpc) is 2.24. The van der Waals surface area contributed by atoms with Crippen molar-refractivity contribution in [1.82, 2.24) is 0 Å². The summed E-state index contributed by atoms with van der Waals surface area (Å²) in [5.41, 5.74) is 10.9. The van der Waals surface area contributed by atoms with Crippen molar-refractivity contribution in [2.75, 3.05) is 6.61 Å². The monoisotopic (exact) mass is 256 g/mol. The minimum Gasteiger partial charge on any atom is -0.468 e. The second-order valence-corrected chi connectivity index (χ2v) is 3.63. The fraction of sp³-hybridized carbons (Fsp3) is 0.182. The average molecular weight is 257 g/mol. The molecule has 1 aromatic rings. The number of rotatable bonds is 5. The standard InChI is InChI=1S/C11H13ClN2O3/c1-7(13)17-10(6-16-11(14)15)8-4-2-3-5-9(8)12/h2-5,10H,1,6,13H2,(H2,14,15)/t10-/m0/s1. The molecule has 0 fully saturated rings. The fourth-order valence-electron chi connectivity index (χ4n) is 1.26. The van der Waals surface area contributed by atoms with Gasteiger partial charge in [-0.1, -0.05) is 29.8 Å². The summed E-state index contributed by atoms with van der Waals surface area (Å²) in [6, 6.07) is 6.98. The van der Waals surface area contributed by atoms with Crippen LogP contribution in [0.15, 0.2) is 36.7 Å². The van der Waals surface area contributed by atoms with E-state index < -0.39 is 12.2 Å². The van der Waals surface area contributed by atoms with Gasteiger partial charge in [0, 0.05) is 10.6 Å². The zero-order valence-electron chi connectivity index (χ0n) is 9.06. The summed E-state index contributed by atoms with van der Waals surface area (Å²) in [6.07, 6.45) is -1.53. The summed E-state index contributed by atoms with van der Waals surface area (Å²) in [5, 5.41) is 0.479. The Balaban J connectivity index is 2.85. The van der Waals surface area contributed by atoms with Crippen LogP contribution in [-0.4, -0.2) is 12.7 Å². The van der Waals surface area contributed by atoms with Crippen LogP contribution in [-0.2, 0) is 9.47 Å². The quantitative estimate of drug-likeness (QED) is 0.788. The van der Waals surface area contributed by atoms with Crippen LogP contribution in [0.3, 0.4) is 0 Å². The Kier molecular flexibility index (Phi) is 4.66. The lowest BCUT2D eigenvalue weighted by atomic mass is 10.1. The molecule has 0 aliphatic rings. The number of ether oxygens (including phenoxy) is 2. The lowest BCUT2D eigenvalue weighted by Crippen LogP contribution is -2.20. The number of primary amides is 1. The maximum Gasteiger partial charge on any atom is 0.404 e. The Morgan fingerprint density at radius 2 is 2.06 bits per heavy atom. The second kappa shape index (κ2) is 6.00. The molecule has 1 aromatic carbocycles. The van der Waals surface area contributed by atoms with E-state index in [2.05, 4.69) is 11.3 Å². The molecule has 0 unspecified atom stereocenters. The van der Waals surface area contributed by atoms with E-state index in [9.17, 15) is 4.79 Å². The number of carbonyl (C=O) groups is 1. The van der Waals surface area contributed by atoms with Crippen LogP contribution in [0.1, 0.15) is 11.7 Å². The van der Waals surface area contributed by atoms with Gasteiger partial charge < -0.3 is 20.9 Å². The van der Waals surface area contributed by atoms with Gasteiger partial charge in [-0.15, -0.1) is 0 Å². The van der Waals surface area contributed by atoms with Crippen molar-refractivity contribution in [3.63, 3.8) is 0 Å². The summed E-state index contributed by atoms with van der Waals surface area (Å²) in [6.45, 7) is 3.33. The van der Waals surface area contributed by atoms with Crippen LogP contribution in [0.5, 0.6) is 0 Å². The Morgan fingerprint density at radius 1 is 1.41 bits per heavy atom. The zero-order chi connectivity index (χ0) is 12.8. The van der Waals surface area contributed by atoms with Crippen molar-refractivity contribution in [1.29, 1.82) is 0 Å². The van der Waals surface area contributed by atoms with E-state index in [1.54, 1.807) is 24.3 Å². The SMILES string of the molecule is C=C(N)O[C@@H](COC(N)=O)c1ccccc1Cl. The molecule has 5 nitrogen and oxygen atoms in total. The van der Waals surface area contributed by atoms with Crippen molar-refractivity contribution < 1.29 is 14.3 Å². The molecule has 1 atom stereocenters. The van der Waals surface area contributed by atoms with Gasteiger partial charge in [-0.3, -0.25) is 0 Å². The highest BCUT2D eigenvalue weighted by atomic mass is 35.5. The molecule has 0 aliphatic carbocycles. The molecule has 0 spiro atoms. The van der Waals surface area contributed by atoms with Gasteiger partial charge in [0.1, 0.15) is 6.61 Å². The zero-order valence-corrected chi connectivity index (χ0v) is 9.81. The molecule has 1 rings (SSSR count). The predicted molar refractivity (Wildman–Crippen MR) is 64.1 cm³/mol. The van der Waals surface area contributed by atoms with Crippen LogP contribution in [0, 0.1) is 0 Å². The van der Waals surface area contributed by atoms with Gasteiger partial charge in [0.25, 0.3) is 0 Å². The molecule has 0 saturated heterocycles. The maximum absolute atomic E-state index is 10.6. The van der Waals surface area contributed by atoms with Gasteiger partial charge in [0.2, 0.25) is 0 Å². The highest BCUT2D eigenvalue weighted by molar-refractivity contribution is 6.31. The molecule has 92 valence electrons. The largest absolute Gasteiger partial charge is 0.468 e. The van der Waals surface area contributed by atoms with Crippen LogP contribution in [0.4, 0.5) is 4.79 Å². The second-order valence-electron chi connectivity index (χ2n) is 3.22. The Bertz CT molecular complexity index is 423. The third-order valence-electron chi connectivity index (χ3n) is 1.92. The number of nitrogens with two attached hydrogens (primary N) is 2. The van der Waals surface area contributed by atoms with Crippen molar-refractivity contribution >= 4 is 17.7 Å². The van der Waals surface area contributed by atoms with Crippen LogP contribution in [0.2, 0.25) is 5.02 Å². The molecular formula is C11H13ClN2O3. The summed E-state index contributed by atoms with van der Waals surface area (Å²) in [4.78, 5) is 10.6. The number of benzene rings is 1. The lowest BCUT2D eigenvalue weighted by Gasteiger charge is -2.19. The Labute approximate surface area is 104 Å². The van der Waals surface area contributed by atoms with Gasteiger partial charge in [0.15, 0.2) is 12.0 Å². The summed E-state index contributed by atoms with van der Waals surface area (Å²) in [5.74, 6) is 0.00277. The molecular weight excluding hydrogens is 244 g/mol. The van der Waals surface area contributed by atoms with E-state index >= 15 is 0 Å². The molecule has 0 aliphatic heterocycles. The first-order valence-electron chi connectivity index (χ1n) is 4.78. The molecule has 0 saturated carbocycles. The van der Waals surface area contributed by atoms with E-state index in [4.69, 9.17) is 27.8 Å². The van der Waals surface area contributed by atoms with Crippen LogP contribution in [0.25, 0.3) is 0 Å². The minimum absolute atomic E-state index is 0.00277. The molecule has 4 N–H and O–H groups in total. The minimum atomic E-state index is -0.895. The lowest BCUT2D eigenvalue weighted by molar-refractivity contribution is 0.0450. The normalized spacial score (nSPS) is 11.6. The number of hydrogen-bond acceptors (Lipinski definition) is 4. The maximum atomic E-state index is 10.6. The van der Waals surface area contributed by atoms with E-state index in [0.29, 0.717) is 10.6 Å². The van der Waals surface area contributed by atoms with Crippen molar-refractivity contribution in [2.24, 2.45) is 11.5 Å². The first-order chi connectivity index (χ1) is 8.00. The third-order valence-corrected chi connectivity index (χ3v) is 2.27. The molecule has 0 aromatic heterocycles. The summed E-state index contributed by atoms with van der Waals surface area (Å²) in [7, 11) is 0. The van der Waals surface area contributed by atoms with Gasteiger partial charge in [0.05, 0.1) is 0 Å². The summed E-state index contributed by atoms with van der Waals surface area (Å²) < 4.78 is 9.91. The molecule has 0 radical (unpaired) electrons. The van der Waals surface area contributed by atoms with Gasteiger partial charge in [-0.25, -0.2) is 4.79 Å². The number of halogens is 1. The first kappa shape index (κ1) is 13.2. The highest BCUT2D eigenvalue weighted by Gasteiger charge is 2.18. The van der Waals surface area contributed by atoms with E-state index in [-0.39, 0.29) is 12.5 Å². The number of carbonyl (C=O) groups excluding carboxylic acids is 1. The molecule has 0 heterocycles. The van der Waals surface area contributed by atoms with Crippen LogP contribution >= 0.6 is 11.6 Å². The Morgan fingerprint density at radius 3 is 2.59 bits per heavy atom. The van der Waals surface area contributed by atoms with Crippen molar-refractivity contribution in [3.05, 3.63) is 47.3 Å². The predicted octanol–water partition coefficient (Wildman–Crippen LogP) is 1.92. The smallest absolute Gasteiger partial charge is 0.404 e. The molecule has 6 heteroatoms. The molecule has 1 amide bonds. The first-order valence-corrected chi connectivity index (χ1v) is 5.16. The van der Waals surface area contributed by atoms with Crippen molar-refractivity contribution in [3.8, 4) is 0 Å². The summed E-state index contributed by atoms with van der Waals surface area (Å²) >= 11 is 6.00. The van der Waals surface area contributed by atoms with E-state index in [0.717, 1.165) is 0 Å². The third kappa shape index (κ3) is 4.24. The fourth-order valence-corrected chi connectivity index (χ4v) is 1.52. The van der Waals surface area contributed by atoms with Crippen LogP contribution < -0.4 is 11.5 Å². The van der Waals surface area contributed by atoms with Gasteiger partial charge >= 0.3 is 6.09 Å². The van der Waals surface area contributed by atoms with E-state index in [1.807, 2.05) is 0 Å².